The topological polar surface area (TPSA) is 64.1 Å². The van der Waals surface area contributed by atoms with Gasteiger partial charge in [0.05, 0.1) is 11.0 Å². The number of aromatic nitrogens is 2. The van der Waals surface area contributed by atoms with Crippen molar-refractivity contribution < 1.29 is 5.11 Å². The van der Waals surface area contributed by atoms with Crippen molar-refractivity contribution in [3.63, 3.8) is 0 Å². The molecule has 0 amide bonds. The van der Waals surface area contributed by atoms with Gasteiger partial charge in [-0.2, -0.15) is 0 Å². The Hall–Kier alpha value is -1.71. The Labute approximate surface area is 82.0 Å². The van der Waals surface area contributed by atoms with Gasteiger partial charge in [0.25, 0.3) is 0 Å². The van der Waals surface area contributed by atoms with Crippen LogP contribution < -0.4 is 5.73 Å². The number of rotatable bonds is 2. The van der Waals surface area contributed by atoms with Crippen molar-refractivity contribution in [1.29, 1.82) is 0 Å². The minimum absolute atomic E-state index is 0.221. The third kappa shape index (κ3) is 1.28. The lowest BCUT2D eigenvalue weighted by atomic mass is 10.3. The Morgan fingerprint density at radius 2 is 2.29 bits per heavy atom. The lowest BCUT2D eigenvalue weighted by Crippen LogP contribution is -2.02. The highest BCUT2D eigenvalue weighted by molar-refractivity contribution is 5.79. The number of fused-ring (bicyclic) bond motifs is 1. The Morgan fingerprint density at radius 1 is 1.50 bits per heavy atom. The number of hydrogen-bond donors (Lipinski definition) is 2. The monoisotopic (exact) mass is 191 g/mol. The van der Waals surface area contributed by atoms with Gasteiger partial charge in [0, 0.05) is 12.6 Å². The highest BCUT2D eigenvalue weighted by Crippen LogP contribution is 2.22. The smallest absolute Gasteiger partial charge is 0.201 e. The fourth-order valence-electron chi connectivity index (χ4n) is 1.60. The fourth-order valence-corrected chi connectivity index (χ4v) is 1.60. The van der Waals surface area contributed by atoms with Gasteiger partial charge in [-0.05, 0) is 18.6 Å². The zero-order valence-corrected chi connectivity index (χ0v) is 8.07. The van der Waals surface area contributed by atoms with Crippen LogP contribution >= 0.6 is 0 Å². The number of nitrogens with two attached hydrogens (primary N) is 1. The lowest BCUT2D eigenvalue weighted by molar-refractivity contribution is 0.476. The van der Waals surface area contributed by atoms with E-state index >= 15 is 0 Å². The quantitative estimate of drug-likeness (QED) is 0.759. The molecule has 2 aromatic rings. The van der Waals surface area contributed by atoms with Crippen LogP contribution in [0, 0.1) is 0 Å². The normalized spacial score (nSPS) is 10.9. The first-order valence-corrected chi connectivity index (χ1v) is 4.67. The maximum atomic E-state index is 9.27. The zero-order valence-electron chi connectivity index (χ0n) is 8.07. The molecule has 3 N–H and O–H groups in total. The van der Waals surface area contributed by atoms with E-state index < -0.39 is 0 Å². The van der Waals surface area contributed by atoms with Gasteiger partial charge in [-0.25, -0.2) is 4.98 Å². The van der Waals surface area contributed by atoms with Crippen molar-refractivity contribution in [2.24, 2.45) is 0 Å². The first-order valence-electron chi connectivity index (χ1n) is 4.67. The molecule has 1 aromatic heterocycles. The molecular formula is C10H13N3O. The summed E-state index contributed by atoms with van der Waals surface area (Å²) < 4.78 is 1.95. The second-order valence-corrected chi connectivity index (χ2v) is 3.29. The SMILES string of the molecule is CCCn1c(N)nc2cc(O)ccc21. The maximum Gasteiger partial charge on any atom is 0.201 e. The summed E-state index contributed by atoms with van der Waals surface area (Å²) in [4.78, 5) is 4.17. The van der Waals surface area contributed by atoms with Crippen LogP contribution in [0.5, 0.6) is 5.75 Å². The van der Waals surface area contributed by atoms with E-state index in [0.29, 0.717) is 5.95 Å². The Bertz CT molecular complexity index is 462. The molecule has 2 rings (SSSR count). The average molecular weight is 191 g/mol. The van der Waals surface area contributed by atoms with E-state index in [4.69, 9.17) is 5.73 Å². The van der Waals surface area contributed by atoms with Gasteiger partial charge in [-0.3, -0.25) is 0 Å². The maximum absolute atomic E-state index is 9.27. The number of nitrogens with zero attached hydrogens (tertiary/aromatic N) is 2. The van der Waals surface area contributed by atoms with Crippen molar-refractivity contribution in [2.75, 3.05) is 5.73 Å². The third-order valence-electron chi connectivity index (χ3n) is 2.21. The number of imidazole rings is 1. The van der Waals surface area contributed by atoms with Gasteiger partial charge in [-0.15, -0.1) is 0 Å². The molecule has 1 heterocycles. The largest absolute Gasteiger partial charge is 0.508 e. The second-order valence-electron chi connectivity index (χ2n) is 3.29. The van der Waals surface area contributed by atoms with Crippen LogP contribution in [-0.4, -0.2) is 14.7 Å². The van der Waals surface area contributed by atoms with Gasteiger partial charge in [0.1, 0.15) is 5.75 Å². The summed E-state index contributed by atoms with van der Waals surface area (Å²) in [5, 5.41) is 9.27. The summed E-state index contributed by atoms with van der Waals surface area (Å²) in [6.45, 7) is 2.94. The van der Waals surface area contributed by atoms with Crippen LogP contribution in [0.3, 0.4) is 0 Å². The van der Waals surface area contributed by atoms with E-state index in [9.17, 15) is 5.11 Å². The van der Waals surface area contributed by atoms with Gasteiger partial charge in [0.2, 0.25) is 5.95 Å². The number of anilines is 1. The van der Waals surface area contributed by atoms with Crippen molar-refractivity contribution in [3.8, 4) is 5.75 Å². The van der Waals surface area contributed by atoms with Crippen LogP contribution in [-0.2, 0) is 6.54 Å². The molecule has 0 saturated heterocycles. The molecule has 74 valence electrons. The van der Waals surface area contributed by atoms with Crippen molar-refractivity contribution >= 4 is 17.0 Å². The van der Waals surface area contributed by atoms with Crippen LogP contribution in [0.4, 0.5) is 5.95 Å². The van der Waals surface area contributed by atoms with Crippen molar-refractivity contribution in [1.82, 2.24) is 9.55 Å². The molecule has 0 spiro atoms. The van der Waals surface area contributed by atoms with E-state index in [1.807, 2.05) is 10.6 Å². The number of phenols is 1. The Morgan fingerprint density at radius 3 is 3.00 bits per heavy atom. The molecule has 0 unspecified atom stereocenters. The summed E-state index contributed by atoms with van der Waals surface area (Å²) in [6, 6.07) is 5.11. The van der Waals surface area contributed by atoms with Gasteiger partial charge < -0.3 is 15.4 Å². The van der Waals surface area contributed by atoms with Crippen LogP contribution in [0.15, 0.2) is 18.2 Å². The predicted octanol–water partition coefficient (Wildman–Crippen LogP) is 1.73. The molecule has 0 atom stereocenters. The number of phenolic OH excluding ortho intramolecular Hbond substituents is 1. The lowest BCUT2D eigenvalue weighted by Gasteiger charge is -2.02. The number of aromatic hydroxyl groups is 1. The second kappa shape index (κ2) is 3.21. The minimum atomic E-state index is 0.221. The molecule has 4 nitrogen and oxygen atoms in total. The number of hydrogen-bond acceptors (Lipinski definition) is 3. The molecule has 0 aliphatic heterocycles. The summed E-state index contributed by atoms with van der Waals surface area (Å²) in [5.74, 6) is 0.728. The minimum Gasteiger partial charge on any atom is -0.508 e. The summed E-state index contributed by atoms with van der Waals surface area (Å²) >= 11 is 0. The summed E-state index contributed by atoms with van der Waals surface area (Å²) in [6.07, 6.45) is 1.01. The van der Waals surface area contributed by atoms with Crippen LogP contribution in [0.1, 0.15) is 13.3 Å². The van der Waals surface area contributed by atoms with E-state index in [-0.39, 0.29) is 5.75 Å². The molecular weight excluding hydrogens is 178 g/mol. The van der Waals surface area contributed by atoms with Gasteiger partial charge in [-0.1, -0.05) is 6.92 Å². The molecule has 0 radical (unpaired) electrons. The molecule has 14 heavy (non-hydrogen) atoms. The molecule has 0 bridgehead atoms. The number of benzene rings is 1. The summed E-state index contributed by atoms with van der Waals surface area (Å²) in [5.41, 5.74) is 7.48. The molecule has 0 aliphatic rings. The van der Waals surface area contributed by atoms with Crippen LogP contribution in [0.25, 0.3) is 11.0 Å². The molecule has 4 heteroatoms. The van der Waals surface area contributed by atoms with E-state index in [1.54, 1.807) is 12.1 Å². The fraction of sp³-hybridized carbons (Fsp3) is 0.300. The molecule has 0 fully saturated rings. The van der Waals surface area contributed by atoms with Crippen LogP contribution in [0.2, 0.25) is 0 Å². The highest BCUT2D eigenvalue weighted by atomic mass is 16.3. The van der Waals surface area contributed by atoms with E-state index in [2.05, 4.69) is 11.9 Å². The highest BCUT2D eigenvalue weighted by Gasteiger charge is 2.06. The van der Waals surface area contributed by atoms with Gasteiger partial charge in [0.15, 0.2) is 0 Å². The number of aryl methyl sites for hydroxylation is 1. The number of nitrogen functional groups attached to an aromatic ring is 1. The third-order valence-corrected chi connectivity index (χ3v) is 2.21. The average Bonchev–Trinajstić information content (AvgIpc) is 2.43. The van der Waals surface area contributed by atoms with Crippen molar-refractivity contribution in [2.45, 2.75) is 19.9 Å². The first kappa shape index (κ1) is 8.87. The zero-order chi connectivity index (χ0) is 10.1. The van der Waals surface area contributed by atoms with Crippen molar-refractivity contribution in [3.05, 3.63) is 18.2 Å². The van der Waals surface area contributed by atoms with E-state index in [1.165, 1.54) is 0 Å². The molecule has 1 aromatic carbocycles. The molecule has 0 saturated carbocycles. The Balaban J connectivity index is 2.64. The standard InChI is InChI=1S/C10H13N3O/c1-2-5-13-9-4-3-7(14)6-8(9)12-10(13)11/h3-4,6,14H,2,5H2,1H3,(H2,11,12). The van der Waals surface area contributed by atoms with Gasteiger partial charge >= 0.3 is 0 Å². The molecule has 0 aliphatic carbocycles. The first-order chi connectivity index (χ1) is 6.72. The van der Waals surface area contributed by atoms with E-state index in [0.717, 1.165) is 24.0 Å². The predicted molar refractivity (Wildman–Crippen MR) is 56.1 cm³/mol. The summed E-state index contributed by atoms with van der Waals surface area (Å²) in [7, 11) is 0. The Kier molecular flexibility index (Phi) is 2.04.